The smallest absolute Gasteiger partial charge is 0.0587 e. The van der Waals surface area contributed by atoms with Crippen molar-refractivity contribution in [1.29, 1.82) is 0 Å². The lowest BCUT2D eigenvalue weighted by Crippen LogP contribution is -2.35. The molecule has 1 aliphatic rings. The zero-order chi connectivity index (χ0) is 13.2. The Kier molecular flexibility index (Phi) is 8.64. The Balaban J connectivity index is 1.95. The fourth-order valence-corrected chi connectivity index (χ4v) is 2.78. The molecule has 1 aliphatic carbocycles. The molecule has 1 saturated carbocycles. The van der Waals surface area contributed by atoms with Gasteiger partial charge in [-0.3, -0.25) is 0 Å². The maximum Gasteiger partial charge on any atom is 0.0587 e. The molecule has 0 spiro atoms. The number of rotatable bonds is 9. The van der Waals surface area contributed by atoms with Crippen molar-refractivity contribution in [2.45, 2.75) is 51.5 Å². The minimum atomic E-state index is 0.820. The van der Waals surface area contributed by atoms with Crippen LogP contribution in [0.3, 0.4) is 0 Å². The van der Waals surface area contributed by atoms with Crippen LogP contribution >= 0.6 is 0 Å². The van der Waals surface area contributed by atoms with Crippen molar-refractivity contribution in [2.75, 3.05) is 40.4 Å². The summed E-state index contributed by atoms with van der Waals surface area (Å²) in [6.07, 6.45) is 8.24. The number of methoxy groups -OCH3 is 1. The molecule has 3 nitrogen and oxygen atoms in total. The van der Waals surface area contributed by atoms with Gasteiger partial charge in [0.1, 0.15) is 0 Å². The predicted molar refractivity (Wildman–Crippen MR) is 78.0 cm³/mol. The molecule has 0 heterocycles. The number of ether oxygens (including phenoxy) is 1. The monoisotopic (exact) mass is 256 g/mol. The van der Waals surface area contributed by atoms with Gasteiger partial charge in [0, 0.05) is 19.7 Å². The molecule has 0 unspecified atom stereocenters. The van der Waals surface area contributed by atoms with E-state index >= 15 is 0 Å². The summed E-state index contributed by atoms with van der Waals surface area (Å²) >= 11 is 0. The molecule has 0 aliphatic heterocycles. The second-order valence-corrected chi connectivity index (χ2v) is 5.84. The van der Waals surface area contributed by atoms with Gasteiger partial charge in [-0.15, -0.1) is 0 Å². The minimum Gasteiger partial charge on any atom is -0.383 e. The first-order chi connectivity index (χ1) is 8.74. The lowest BCUT2D eigenvalue weighted by molar-refractivity contribution is 0.167. The SMILES string of the molecule is COCCNCCCCN(C)C1CCC(C)CC1. The molecule has 0 aromatic rings. The van der Waals surface area contributed by atoms with Crippen LogP contribution in [0.1, 0.15) is 45.4 Å². The normalized spacial score (nSPS) is 24.7. The van der Waals surface area contributed by atoms with Crippen molar-refractivity contribution < 1.29 is 4.74 Å². The summed E-state index contributed by atoms with van der Waals surface area (Å²) in [5.74, 6) is 0.958. The Hall–Kier alpha value is -0.120. The molecular weight excluding hydrogens is 224 g/mol. The Morgan fingerprint density at radius 1 is 1.11 bits per heavy atom. The number of nitrogens with one attached hydrogen (secondary N) is 1. The molecule has 1 fully saturated rings. The standard InChI is InChI=1S/C15H32N2O/c1-14-6-8-15(9-7-14)17(2)12-5-4-10-16-11-13-18-3/h14-16H,4-13H2,1-3H3. The van der Waals surface area contributed by atoms with E-state index < -0.39 is 0 Å². The van der Waals surface area contributed by atoms with Gasteiger partial charge in [0.05, 0.1) is 6.61 Å². The van der Waals surface area contributed by atoms with Crippen LogP contribution in [0.2, 0.25) is 0 Å². The fourth-order valence-electron chi connectivity index (χ4n) is 2.78. The summed E-state index contributed by atoms with van der Waals surface area (Å²) in [4.78, 5) is 2.58. The van der Waals surface area contributed by atoms with Gasteiger partial charge in [0.25, 0.3) is 0 Å². The van der Waals surface area contributed by atoms with Crippen LogP contribution in [0.5, 0.6) is 0 Å². The van der Waals surface area contributed by atoms with Crippen molar-refractivity contribution in [3.8, 4) is 0 Å². The molecule has 0 radical (unpaired) electrons. The van der Waals surface area contributed by atoms with E-state index in [1.54, 1.807) is 7.11 Å². The first kappa shape index (κ1) is 15.9. The van der Waals surface area contributed by atoms with Crippen molar-refractivity contribution in [3.63, 3.8) is 0 Å². The summed E-state index contributed by atoms with van der Waals surface area (Å²) in [6, 6.07) is 0.850. The van der Waals surface area contributed by atoms with E-state index in [0.29, 0.717) is 0 Å². The minimum absolute atomic E-state index is 0.820. The average molecular weight is 256 g/mol. The van der Waals surface area contributed by atoms with Gasteiger partial charge >= 0.3 is 0 Å². The van der Waals surface area contributed by atoms with Crippen LogP contribution in [0.4, 0.5) is 0 Å². The number of hydrogen-bond donors (Lipinski definition) is 1. The summed E-state index contributed by atoms with van der Waals surface area (Å²) in [7, 11) is 4.06. The third kappa shape index (κ3) is 6.72. The highest BCUT2D eigenvalue weighted by Crippen LogP contribution is 2.26. The Bertz CT molecular complexity index is 191. The van der Waals surface area contributed by atoms with E-state index in [1.165, 1.54) is 45.1 Å². The van der Waals surface area contributed by atoms with Crippen LogP contribution < -0.4 is 5.32 Å². The van der Waals surface area contributed by atoms with E-state index in [-0.39, 0.29) is 0 Å². The van der Waals surface area contributed by atoms with Crippen molar-refractivity contribution in [3.05, 3.63) is 0 Å². The summed E-state index contributed by atoms with van der Waals surface area (Å²) in [6.45, 7) is 6.57. The zero-order valence-electron chi connectivity index (χ0n) is 12.6. The van der Waals surface area contributed by atoms with Gasteiger partial charge in [-0.1, -0.05) is 6.92 Å². The zero-order valence-corrected chi connectivity index (χ0v) is 12.6. The molecule has 1 N–H and O–H groups in total. The summed E-state index contributed by atoms with van der Waals surface area (Å²) in [5, 5.41) is 3.40. The summed E-state index contributed by atoms with van der Waals surface area (Å²) in [5.41, 5.74) is 0. The van der Waals surface area contributed by atoms with Gasteiger partial charge in [-0.2, -0.15) is 0 Å². The average Bonchev–Trinajstić information content (AvgIpc) is 2.38. The highest BCUT2D eigenvalue weighted by atomic mass is 16.5. The molecule has 18 heavy (non-hydrogen) atoms. The van der Waals surface area contributed by atoms with Crippen molar-refractivity contribution in [1.82, 2.24) is 10.2 Å². The van der Waals surface area contributed by atoms with Gasteiger partial charge in [-0.05, 0) is 64.6 Å². The second kappa shape index (κ2) is 9.76. The lowest BCUT2D eigenvalue weighted by Gasteiger charge is -2.33. The van der Waals surface area contributed by atoms with Gasteiger partial charge in [0.2, 0.25) is 0 Å². The summed E-state index contributed by atoms with van der Waals surface area (Å²) < 4.78 is 5.00. The van der Waals surface area contributed by atoms with Gasteiger partial charge < -0.3 is 15.0 Å². The maximum atomic E-state index is 5.00. The molecule has 3 heteroatoms. The van der Waals surface area contributed by atoms with Crippen molar-refractivity contribution >= 4 is 0 Å². The third-order valence-corrected chi connectivity index (χ3v) is 4.21. The first-order valence-electron chi connectivity index (χ1n) is 7.64. The van der Waals surface area contributed by atoms with Crippen LogP contribution in [0.15, 0.2) is 0 Å². The Morgan fingerprint density at radius 2 is 1.83 bits per heavy atom. The molecule has 0 saturated heterocycles. The van der Waals surface area contributed by atoms with Crippen molar-refractivity contribution in [2.24, 2.45) is 5.92 Å². The van der Waals surface area contributed by atoms with Crippen LogP contribution in [-0.4, -0.2) is 51.3 Å². The maximum absolute atomic E-state index is 5.00. The third-order valence-electron chi connectivity index (χ3n) is 4.21. The number of nitrogens with zero attached hydrogens (tertiary/aromatic N) is 1. The molecule has 0 aromatic carbocycles. The van der Waals surface area contributed by atoms with E-state index in [9.17, 15) is 0 Å². The topological polar surface area (TPSA) is 24.5 Å². The molecule has 0 atom stereocenters. The van der Waals surface area contributed by atoms with Gasteiger partial charge in [0.15, 0.2) is 0 Å². The molecule has 0 amide bonds. The molecule has 0 bridgehead atoms. The molecule has 108 valence electrons. The predicted octanol–water partition coefficient (Wildman–Crippen LogP) is 2.51. The Morgan fingerprint density at radius 3 is 2.50 bits per heavy atom. The number of unbranched alkanes of at least 4 members (excludes halogenated alkanes) is 1. The highest BCUT2D eigenvalue weighted by Gasteiger charge is 2.20. The van der Waals surface area contributed by atoms with E-state index in [0.717, 1.165) is 31.7 Å². The fraction of sp³-hybridized carbons (Fsp3) is 1.00. The van der Waals surface area contributed by atoms with Crippen LogP contribution in [0, 0.1) is 5.92 Å². The quantitative estimate of drug-likeness (QED) is 0.642. The van der Waals surface area contributed by atoms with E-state index in [1.807, 2.05) is 0 Å². The Labute approximate surface area is 113 Å². The van der Waals surface area contributed by atoms with E-state index in [4.69, 9.17) is 4.74 Å². The largest absolute Gasteiger partial charge is 0.383 e. The highest BCUT2D eigenvalue weighted by molar-refractivity contribution is 4.76. The second-order valence-electron chi connectivity index (χ2n) is 5.84. The van der Waals surface area contributed by atoms with Crippen LogP contribution in [0.25, 0.3) is 0 Å². The number of hydrogen-bond acceptors (Lipinski definition) is 3. The lowest BCUT2D eigenvalue weighted by atomic mass is 9.87. The molecule has 1 rings (SSSR count). The van der Waals surface area contributed by atoms with Crippen LogP contribution in [-0.2, 0) is 4.74 Å². The molecular formula is C15H32N2O. The van der Waals surface area contributed by atoms with Gasteiger partial charge in [-0.25, -0.2) is 0 Å². The molecule has 0 aromatic heterocycles. The van der Waals surface area contributed by atoms with E-state index in [2.05, 4.69) is 24.2 Å². The first-order valence-corrected chi connectivity index (χ1v) is 7.64.